The molecule has 0 spiro atoms. The van der Waals surface area contributed by atoms with Crippen LogP contribution in [0, 0.1) is 0 Å². The third-order valence-corrected chi connectivity index (χ3v) is 0.977. The molecular weight excluding hydrogens is 108 g/mol. The Kier molecular flexibility index (Phi) is 1.06. The van der Waals surface area contributed by atoms with Crippen molar-refractivity contribution in [3.05, 3.63) is 12.3 Å². The topological polar surface area (TPSA) is 46.5 Å². The summed E-state index contributed by atoms with van der Waals surface area (Å²) in [5.41, 5.74) is 0. The number of carbonyl (C=O) groups excluding carboxylic acids is 1. The normalized spacial score (nSPS) is 28.4. The van der Waals surface area contributed by atoms with E-state index in [1.165, 1.54) is 0 Å². The van der Waals surface area contributed by atoms with Crippen LogP contribution in [0.4, 0.5) is 0 Å². The van der Waals surface area contributed by atoms with Gasteiger partial charge in [-0.3, -0.25) is 4.79 Å². The fraction of sp³-hybridized carbons (Fsp3) is 0.400. The molecule has 1 rings (SSSR count). The second-order valence-electron chi connectivity index (χ2n) is 1.66. The van der Waals surface area contributed by atoms with Crippen molar-refractivity contribution in [1.82, 2.24) is 0 Å². The summed E-state index contributed by atoms with van der Waals surface area (Å²) in [5.74, 6) is -0.238. The number of rotatable bonds is 0. The van der Waals surface area contributed by atoms with Gasteiger partial charge >= 0.3 is 5.97 Å². The van der Waals surface area contributed by atoms with E-state index in [1.54, 1.807) is 0 Å². The Balaban J connectivity index is 2.64. The first-order valence-corrected chi connectivity index (χ1v) is 2.27. The first-order valence-electron chi connectivity index (χ1n) is 2.27. The molecule has 1 aliphatic heterocycles. The SMILES string of the molecule is C=C1OC(=O)CC1O. The molecule has 0 bridgehead atoms. The van der Waals surface area contributed by atoms with E-state index in [2.05, 4.69) is 11.3 Å². The molecule has 0 amide bonds. The smallest absolute Gasteiger partial charge is 0.314 e. The van der Waals surface area contributed by atoms with Gasteiger partial charge in [0.1, 0.15) is 11.9 Å². The monoisotopic (exact) mass is 114 g/mol. The van der Waals surface area contributed by atoms with Gasteiger partial charge in [-0.2, -0.15) is 0 Å². The molecule has 1 N–H and O–H groups in total. The van der Waals surface area contributed by atoms with Gasteiger partial charge in [-0.25, -0.2) is 0 Å². The number of esters is 1. The van der Waals surface area contributed by atoms with E-state index in [0.29, 0.717) is 0 Å². The number of aliphatic hydroxyl groups is 1. The zero-order valence-corrected chi connectivity index (χ0v) is 4.26. The number of hydrogen-bond donors (Lipinski definition) is 1. The number of carbonyl (C=O) groups is 1. The van der Waals surface area contributed by atoms with Crippen molar-refractivity contribution < 1.29 is 14.6 Å². The van der Waals surface area contributed by atoms with Gasteiger partial charge in [0.15, 0.2) is 0 Å². The van der Waals surface area contributed by atoms with Crippen molar-refractivity contribution in [3.8, 4) is 0 Å². The Morgan fingerprint density at radius 3 is 2.62 bits per heavy atom. The summed E-state index contributed by atoms with van der Waals surface area (Å²) in [6.45, 7) is 3.29. The highest BCUT2D eigenvalue weighted by atomic mass is 16.6. The molecule has 1 unspecified atom stereocenters. The highest BCUT2D eigenvalue weighted by Crippen LogP contribution is 2.15. The number of aliphatic hydroxyl groups excluding tert-OH is 1. The molecule has 3 nitrogen and oxygen atoms in total. The molecule has 0 saturated carbocycles. The zero-order valence-electron chi connectivity index (χ0n) is 4.26. The minimum atomic E-state index is -0.775. The molecule has 44 valence electrons. The highest BCUT2D eigenvalue weighted by molar-refractivity contribution is 5.74. The minimum Gasteiger partial charge on any atom is -0.429 e. The van der Waals surface area contributed by atoms with Gasteiger partial charge in [-0.1, -0.05) is 6.58 Å². The van der Waals surface area contributed by atoms with Crippen molar-refractivity contribution in [1.29, 1.82) is 0 Å². The van der Waals surface area contributed by atoms with Crippen molar-refractivity contribution in [2.45, 2.75) is 12.5 Å². The largest absolute Gasteiger partial charge is 0.429 e. The number of ether oxygens (including phenoxy) is 1. The Morgan fingerprint density at radius 1 is 1.88 bits per heavy atom. The van der Waals surface area contributed by atoms with Crippen molar-refractivity contribution in [2.24, 2.45) is 0 Å². The number of hydrogen-bond acceptors (Lipinski definition) is 3. The van der Waals surface area contributed by atoms with Crippen LogP contribution in [-0.2, 0) is 9.53 Å². The van der Waals surface area contributed by atoms with Crippen LogP contribution in [-0.4, -0.2) is 17.2 Å². The quantitative estimate of drug-likeness (QED) is 0.444. The van der Waals surface area contributed by atoms with E-state index in [-0.39, 0.29) is 12.2 Å². The molecule has 1 atom stereocenters. The van der Waals surface area contributed by atoms with Crippen LogP contribution in [0.2, 0.25) is 0 Å². The van der Waals surface area contributed by atoms with Gasteiger partial charge in [0.05, 0.1) is 6.42 Å². The van der Waals surface area contributed by atoms with Crippen molar-refractivity contribution in [3.63, 3.8) is 0 Å². The molecule has 1 fully saturated rings. The maximum absolute atomic E-state index is 10.2. The van der Waals surface area contributed by atoms with Crippen LogP contribution in [0.5, 0.6) is 0 Å². The first-order chi connectivity index (χ1) is 3.70. The van der Waals surface area contributed by atoms with Crippen LogP contribution in [0.3, 0.4) is 0 Å². The summed E-state index contributed by atoms with van der Waals surface area (Å²) in [7, 11) is 0. The van der Waals surface area contributed by atoms with Crippen LogP contribution in [0.1, 0.15) is 6.42 Å². The molecule has 0 radical (unpaired) electrons. The van der Waals surface area contributed by atoms with Crippen molar-refractivity contribution >= 4 is 5.97 Å². The van der Waals surface area contributed by atoms with Crippen LogP contribution >= 0.6 is 0 Å². The van der Waals surface area contributed by atoms with E-state index in [0.717, 1.165) is 0 Å². The average Bonchev–Trinajstić information content (AvgIpc) is 1.85. The average molecular weight is 114 g/mol. The predicted octanol–water partition coefficient (Wildman–Crippen LogP) is -0.192. The molecule has 0 aliphatic carbocycles. The van der Waals surface area contributed by atoms with Gasteiger partial charge in [-0.05, 0) is 0 Å². The van der Waals surface area contributed by atoms with E-state index in [9.17, 15) is 4.79 Å². The second kappa shape index (κ2) is 1.59. The lowest BCUT2D eigenvalue weighted by molar-refractivity contribution is -0.135. The summed E-state index contributed by atoms with van der Waals surface area (Å²) in [6, 6.07) is 0. The Bertz CT molecular complexity index is 139. The van der Waals surface area contributed by atoms with E-state index < -0.39 is 12.1 Å². The van der Waals surface area contributed by atoms with Gasteiger partial charge in [0.25, 0.3) is 0 Å². The van der Waals surface area contributed by atoms with Crippen molar-refractivity contribution in [2.75, 3.05) is 0 Å². The lowest BCUT2D eigenvalue weighted by Crippen LogP contribution is -2.00. The lowest BCUT2D eigenvalue weighted by atomic mass is 10.3. The predicted molar refractivity (Wildman–Crippen MR) is 25.9 cm³/mol. The number of cyclic esters (lactones) is 1. The Morgan fingerprint density at radius 2 is 2.50 bits per heavy atom. The Labute approximate surface area is 46.6 Å². The van der Waals surface area contributed by atoms with Gasteiger partial charge < -0.3 is 9.84 Å². The maximum atomic E-state index is 10.2. The molecule has 1 aliphatic rings. The first kappa shape index (κ1) is 5.31. The van der Waals surface area contributed by atoms with E-state index >= 15 is 0 Å². The molecule has 1 saturated heterocycles. The summed E-state index contributed by atoms with van der Waals surface area (Å²) < 4.78 is 4.39. The lowest BCUT2D eigenvalue weighted by Gasteiger charge is -1.93. The fourth-order valence-corrected chi connectivity index (χ4v) is 0.528. The Hall–Kier alpha value is -0.830. The van der Waals surface area contributed by atoms with Crippen LogP contribution in [0.15, 0.2) is 12.3 Å². The molecule has 0 aromatic rings. The van der Waals surface area contributed by atoms with E-state index in [4.69, 9.17) is 5.11 Å². The highest BCUT2D eigenvalue weighted by Gasteiger charge is 2.25. The molecule has 3 heteroatoms. The summed E-state index contributed by atoms with van der Waals surface area (Å²) in [6.07, 6.45) is -0.721. The molecular formula is C5H6O3. The molecule has 8 heavy (non-hydrogen) atoms. The summed E-state index contributed by atoms with van der Waals surface area (Å²) in [5, 5.41) is 8.72. The van der Waals surface area contributed by atoms with Gasteiger partial charge in [0, 0.05) is 0 Å². The molecule has 0 aromatic carbocycles. The molecule has 0 aromatic heterocycles. The molecule has 1 heterocycles. The third kappa shape index (κ3) is 0.721. The third-order valence-electron chi connectivity index (χ3n) is 0.977. The summed E-state index contributed by atoms with van der Waals surface area (Å²) in [4.78, 5) is 10.2. The standard InChI is InChI=1S/C5H6O3/c1-3-4(6)2-5(7)8-3/h4,6H,1-2H2. The maximum Gasteiger partial charge on any atom is 0.314 e. The van der Waals surface area contributed by atoms with Crippen LogP contribution < -0.4 is 0 Å². The van der Waals surface area contributed by atoms with Gasteiger partial charge in [0.2, 0.25) is 0 Å². The van der Waals surface area contributed by atoms with Gasteiger partial charge in [-0.15, -0.1) is 0 Å². The zero-order chi connectivity index (χ0) is 6.15. The second-order valence-corrected chi connectivity index (χ2v) is 1.66. The minimum absolute atomic E-state index is 0.0544. The van der Waals surface area contributed by atoms with Crippen LogP contribution in [0.25, 0.3) is 0 Å². The summed E-state index contributed by atoms with van der Waals surface area (Å²) >= 11 is 0. The van der Waals surface area contributed by atoms with E-state index in [1.807, 2.05) is 0 Å². The fourth-order valence-electron chi connectivity index (χ4n) is 0.528.